The van der Waals surface area contributed by atoms with Crippen LogP contribution in [0.15, 0.2) is 29.4 Å². The van der Waals surface area contributed by atoms with Crippen molar-refractivity contribution in [2.45, 2.75) is 11.2 Å². The van der Waals surface area contributed by atoms with E-state index in [0.29, 0.717) is 0 Å². The lowest BCUT2D eigenvalue weighted by atomic mass is 10.5. The Morgan fingerprint density at radius 3 is 2.50 bits per heavy atom. The lowest BCUT2D eigenvalue weighted by Crippen LogP contribution is -2.37. The Hall–Kier alpha value is -1.64. The Morgan fingerprint density at radius 1 is 1.33 bits per heavy atom. The van der Waals surface area contributed by atoms with Crippen molar-refractivity contribution in [3.05, 3.63) is 24.4 Å². The minimum atomic E-state index is -4.58. The third kappa shape index (κ3) is 4.70. The van der Waals surface area contributed by atoms with Crippen molar-refractivity contribution in [3.63, 3.8) is 0 Å². The van der Waals surface area contributed by atoms with E-state index in [1.165, 1.54) is 23.6 Å². The van der Waals surface area contributed by atoms with Crippen molar-refractivity contribution in [2.75, 3.05) is 12.3 Å². The van der Waals surface area contributed by atoms with E-state index in [1.807, 2.05) is 0 Å². The summed E-state index contributed by atoms with van der Waals surface area (Å²) in [5, 5.41) is 1.12. The van der Waals surface area contributed by atoms with Gasteiger partial charge < -0.3 is 5.32 Å². The highest BCUT2D eigenvalue weighted by atomic mass is 32.2. The molecule has 0 aliphatic carbocycles. The van der Waals surface area contributed by atoms with Crippen molar-refractivity contribution in [1.82, 2.24) is 10.3 Å². The van der Waals surface area contributed by atoms with Crippen molar-refractivity contribution in [1.29, 1.82) is 0 Å². The molecule has 1 N–H and O–H groups in total. The summed E-state index contributed by atoms with van der Waals surface area (Å²) in [6.07, 6.45) is -3.37. The SMILES string of the molecule is O=C(CS(=O)(=O)c1ccccn1)NCC(F)(F)F. The van der Waals surface area contributed by atoms with Crippen LogP contribution in [-0.2, 0) is 14.6 Å². The monoisotopic (exact) mass is 282 g/mol. The molecule has 1 aromatic rings. The Kier molecular flexibility index (Phi) is 4.28. The molecule has 1 amide bonds. The van der Waals surface area contributed by atoms with Crippen LogP contribution in [-0.4, -0.2) is 37.8 Å². The van der Waals surface area contributed by atoms with E-state index in [0.717, 1.165) is 6.07 Å². The number of nitrogens with one attached hydrogen (secondary N) is 1. The third-order valence-corrected chi connectivity index (χ3v) is 3.28. The number of carbonyl (C=O) groups excluding carboxylic acids is 1. The first kappa shape index (κ1) is 14.4. The normalized spacial score (nSPS) is 12.2. The molecule has 0 aliphatic heterocycles. The highest BCUT2D eigenvalue weighted by Gasteiger charge is 2.29. The minimum Gasteiger partial charge on any atom is -0.346 e. The van der Waals surface area contributed by atoms with Crippen molar-refractivity contribution in [3.8, 4) is 0 Å². The van der Waals surface area contributed by atoms with Crippen LogP contribution in [0.1, 0.15) is 0 Å². The number of alkyl halides is 3. The van der Waals surface area contributed by atoms with Crippen LogP contribution in [0.25, 0.3) is 0 Å². The number of nitrogens with zero attached hydrogens (tertiary/aromatic N) is 1. The van der Waals surface area contributed by atoms with Gasteiger partial charge in [0.25, 0.3) is 0 Å². The van der Waals surface area contributed by atoms with Crippen LogP contribution in [0.3, 0.4) is 0 Å². The molecule has 18 heavy (non-hydrogen) atoms. The molecule has 0 aliphatic rings. The molecule has 0 saturated carbocycles. The van der Waals surface area contributed by atoms with Gasteiger partial charge in [0.15, 0.2) is 5.03 Å². The molecule has 0 bridgehead atoms. The second-order valence-electron chi connectivity index (χ2n) is 3.32. The first-order chi connectivity index (χ1) is 8.21. The number of aromatic nitrogens is 1. The Balaban J connectivity index is 2.65. The van der Waals surface area contributed by atoms with Gasteiger partial charge in [-0.05, 0) is 12.1 Å². The summed E-state index contributed by atoms with van der Waals surface area (Å²) in [5.41, 5.74) is 0. The number of amides is 1. The summed E-state index contributed by atoms with van der Waals surface area (Å²) in [6.45, 7) is -1.57. The quantitative estimate of drug-likeness (QED) is 0.874. The predicted octanol–water partition coefficient (Wildman–Crippen LogP) is 0.534. The topological polar surface area (TPSA) is 76.1 Å². The fourth-order valence-electron chi connectivity index (χ4n) is 1.03. The highest BCUT2D eigenvalue weighted by Crippen LogP contribution is 2.12. The summed E-state index contributed by atoms with van der Waals surface area (Å²) in [7, 11) is -4.02. The van der Waals surface area contributed by atoms with E-state index in [-0.39, 0.29) is 5.03 Å². The molecule has 1 rings (SSSR count). The number of rotatable bonds is 4. The van der Waals surface area contributed by atoms with Crippen molar-refractivity contribution in [2.24, 2.45) is 0 Å². The average molecular weight is 282 g/mol. The first-order valence-corrected chi connectivity index (χ1v) is 6.33. The van der Waals surface area contributed by atoms with Crippen LogP contribution in [0.2, 0.25) is 0 Å². The standard InChI is InChI=1S/C9H9F3N2O3S/c10-9(11,12)6-14-7(15)5-18(16,17)8-3-1-2-4-13-8/h1-4H,5-6H2,(H,14,15). The van der Waals surface area contributed by atoms with Gasteiger partial charge in [-0.2, -0.15) is 13.2 Å². The number of carbonyl (C=O) groups is 1. The predicted molar refractivity (Wildman–Crippen MR) is 55.4 cm³/mol. The zero-order valence-electron chi connectivity index (χ0n) is 8.94. The Morgan fingerprint density at radius 2 is 2.00 bits per heavy atom. The molecule has 0 spiro atoms. The zero-order chi connectivity index (χ0) is 13.8. The molecular weight excluding hydrogens is 273 g/mol. The lowest BCUT2D eigenvalue weighted by molar-refractivity contribution is -0.137. The van der Waals surface area contributed by atoms with Crippen LogP contribution >= 0.6 is 0 Å². The van der Waals surface area contributed by atoms with Crippen molar-refractivity contribution >= 4 is 15.7 Å². The molecule has 1 aromatic heterocycles. The van der Waals surface area contributed by atoms with E-state index in [1.54, 1.807) is 0 Å². The average Bonchev–Trinajstić information content (AvgIpc) is 2.26. The van der Waals surface area contributed by atoms with Gasteiger partial charge in [-0.3, -0.25) is 4.79 Å². The molecule has 0 unspecified atom stereocenters. The van der Waals surface area contributed by atoms with Crippen molar-refractivity contribution < 1.29 is 26.4 Å². The fourth-order valence-corrected chi connectivity index (χ4v) is 2.13. The second kappa shape index (κ2) is 5.34. The lowest BCUT2D eigenvalue weighted by Gasteiger charge is -2.08. The van der Waals surface area contributed by atoms with Gasteiger partial charge in [-0.1, -0.05) is 6.07 Å². The third-order valence-electron chi connectivity index (χ3n) is 1.76. The van der Waals surface area contributed by atoms with E-state index in [9.17, 15) is 26.4 Å². The maximum absolute atomic E-state index is 11.8. The Bertz CT molecular complexity index is 514. The van der Waals surface area contributed by atoms with Crippen LogP contribution in [0, 0.1) is 0 Å². The van der Waals surface area contributed by atoms with Gasteiger partial charge in [0.1, 0.15) is 12.3 Å². The van der Waals surface area contributed by atoms with Gasteiger partial charge in [-0.25, -0.2) is 13.4 Å². The summed E-state index contributed by atoms with van der Waals surface area (Å²) < 4.78 is 58.5. The van der Waals surface area contributed by atoms with Gasteiger partial charge in [0.05, 0.1) is 0 Å². The molecule has 5 nitrogen and oxygen atoms in total. The molecule has 100 valence electrons. The summed E-state index contributed by atoms with van der Waals surface area (Å²) in [5.74, 6) is -2.29. The summed E-state index contributed by atoms with van der Waals surface area (Å²) in [6, 6.07) is 4.03. The van der Waals surface area contributed by atoms with Gasteiger partial charge in [0.2, 0.25) is 15.7 Å². The van der Waals surface area contributed by atoms with Gasteiger partial charge >= 0.3 is 6.18 Å². The summed E-state index contributed by atoms with van der Waals surface area (Å²) >= 11 is 0. The highest BCUT2D eigenvalue weighted by molar-refractivity contribution is 7.92. The number of sulfone groups is 1. The molecule has 0 saturated heterocycles. The molecule has 0 aromatic carbocycles. The minimum absolute atomic E-state index is 0.354. The molecule has 0 radical (unpaired) electrons. The molecule has 0 fully saturated rings. The molecular formula is C9H9F3N2O3S. The summed E-state index contributed by atoms with van der Waals surface area (Å²) in [4.78, 5) is 14.6. The fraction of sp³-hybridized carbons (Fsp3) is 0.333. The van der Waals surface area contributed by atoms with E-state index >= 15 is 0 Å². The van der Waals surface area contributed by atoms with E-state index < -0.39 is 34.2 Å². The molecule has 0 atom stereocenters. The number of hydrogen-bond donors (Lipinski definition) is 1. The zero-order valence-corrected chi connectivity index (χ0v) is 9.75. The smallest absolute Gasteiger partial charge is 0.346 e. The maximum atomic E-state index is 11.8. The first-order valence-electron chi connectivity index (χ1n) is 4.68. The maximum Gasteiger partial charge on any atom is 0.405 e. The van der Waals surface area contributed by atoms with Crippen LogP contribution in [0.4, 0.5) is 13.2 Å². The van der Waals surface area contributed by atoms with Crippen LogP contribution < -0.4 is 5.32 Å². The number of halogens is 3. The van der Waals surface area contributed by atoms with Gasteiger partial charge in [-0.15, -0.1) is 0 Å². The number of hydrogen-bond acceptors (Lipinski definition) is 4. The largest absolute Gasteiger partial charge is 0.405 e. The number of pyridine rings is 1. The van der Waals surface area contributed by atoms with Crippen LogP contribution in [0.5, 0.6) is 0 Å². The van der Waals surface area contributed by atoms with Gasteiger partial charge in [0, 0.05) is 6.20 Å². The Labute approximate surface area is 101 Å². The molecule has 1 heterocycles. The van der Waals surface area contributed by atoms with E-state index in [2.05, 4.69) is 4.98 Å². The molecule has 9 heteroatoms. The second-order valence-corrected chi connectivity index (χ2v) is 5.26. The van der Waals surface area contributed by atoms with E-state index in [4.69, 9.17) is 0 Å².